The Morgan fingerprint density at radius 3 is 1.09 bits per heavy atom. The number of carbonyl (C=O) groups excluding carboxylic acids is 2. The number of methoxy groups -OCH3 is 3. The first-order chi connectivity index (χ1) is 56.8. The van der Waals surface area contributed by atoms with Crippen LogP contribution in [0.5, 0.6) is 17.2 Å². The number of aliphatic hydroxyl groups excluding tert-OH is 1. The molecule has 3 heterocycles. The topological polar surface area (TPSA) is 393 Å². The van der Waals surface area contributed by atoms with Gasteiger partial charge >= 0.3 is 0 Å². The second-order valence-electron chi connectivity index (χ2n) is 29.0. The maximum Gasteiger partial charge on any atom is 0.294 e. The zero-order chi connectivity index (χ0) is 90.7. The number of likely N-dealkylation sites (N-methyl/N-ethyl adjacent to an activating group) is 6. The minimum Gasteiger partial charge on any atom is -0.494 e. The maximum absolute atomic E-state index is 14.1. The number of ether oxygens (including phenoxy) is 3. The van der Waals surface area contributed by atoms with E-state index >= 15 is 0 Å². The number of nitro benzene ring substituents is 1. The van der Waals surface area contributed by atoms with E-state index in [-0.39, 0.29) is 57.5 Å². The normalized spacial score (nSPS) is 11.0. The highest BCUT2D eigenvalue weighted by molar-refractivity contribution is 6.66. The molecule has 39 heteroatoms. The lowest BCUT2D eigenvalue weighted by Gasteiger charge is -2.26. The van der Waals surface area contributed by atoms with Gasteiger partial charge in [-0.25, -0.2) is 28.1 Å². The van der Waals surface area contributed by atoms with E-state index in [0.29, 0.717) is 117 Å². The number of hydrogen-bond acceptors (Lipinski definition) is 30. The maximum atomic E-state index is 14.1. The second-order valence-corrected chi connectivity index (χ2v) is 30.6. The molecule has 32 nitrogen and oxygen atoms in total. The van der Waals surface area contributed by atoms with Crippen LogP contribution in [0.4, 0.5) is 117 Å². The smallest absolute Gasteiger partial charge is 0.294 e. The Bertz CT molecular complexity index is 5040. The van der Waals surface area contributed by atoms with Crippen molar-refractivity contribution in [3.05, 3.63) is 194 Å². The van der Waals surface area contributed by atoms with Gasteiger partial charge in [-0.2, -0.15) is 15.0 Å². The lowest BCUT2D eigenvalue weighted by atomic mass is 9.96. The molecule has 9 aromatic rings. The molecule has 0 aliphatic rings. The predicted octanol–water partition coefficient (Wildman–Crippen LogP) is 15.8. The summed E-state index contributed by atoms with van der Waals surface area (Å²) in [5, 5.41) is 70.9. The molecule has 9 rings (SSSR count). The molecule has 6 aromatic carbocycles. The Balaban J connectivity index is 0.000000368. The van der Waals surface area contributed by atoms with Gasteiger partial charge in [-0.05, 0) is 174 Å². The number of hydrogen-bond donors (Lipinski definition) is 12. The van der Waals surface area contributed by atoms with Gasteiger partial charge in [0.15, 0.2) is 0 Å². The van der Waals surface area contributed by atoms with Gasteiger partial charge in [-0.1, -0.05) is 55.4 Å². The number of nitrogen functional groups attached to an aromatic ring is 1. The molecular weight excluding hydrogens is 1670 g/mol. The summed E-state index contributed by atoms with van der Waals surface area (Å²) in [5.41, 5.74) is 8.82. The van der Waals surface area contributed by atoms with E-state index in [1.807, 2.05) is 78.3 Å². The van der Waals surface area contributed by atoms with Crippen molar-refractivity contribution in [2.24, 2.45) is 0 Å². The zero-order valence-corrected chi connectivity index (χ0v) is 73.9. The van der Waals surface area contributed by atoms with Crippen molar-refractivity contribution in [3.8, 4) is 17.2 Å². The van der Waals surface area contributed by atoms with Crippen molar-refractivity contribution in [1.82, 2.24) is 44.6 Å². The van der Waals surface area contributed by atoms with Crippen LogP contribution >= 0.6 is 46.4 Å². The number of halogens is 7. The van der Waals surface area contributed by atoms with Crippen LogP contribution in [0.3, 0.4) is 0 Å². The van der Waals surface area contributed by atoms with Crippen LogP contribution in [0.1, 0.15) is 65.7 Å². The zero-order valence-electron chi connectivity index (χ0n) is 70.9. The van der Waals surface area contributed by atoms with Crippen molar-refractivity contribution in [1.29, 1.82) is 0 Å². The van der Waals surface area contributed by atoms with Crippen LogP contribution < -0.4 is 71.9 Å². The number of carbonyl (C=O) groups is 2. The van der Waals surface area contributed by atoms with E-state index in [2.05, 4.69) is 95.0 Å². The van der Waals surface area contributed by atoms with Crippen molar-refractivity contribution >= 4 is 161 Å². The van der Waals surface area contributed by atoms with Crippen LogP contribution in [0.25, 0.3) is 0 Å². The second kappa shape index (κ2) is 47.2. The van der Waals surface area contributed by atoms with E-state index in [4.69, 9.17) is 71.5 Å². The van der Waals surface area contributed by atoms with E-state index in [1.165, 1.54) is 75.8 Å². The average Bonchev–Trinajstić information content (AvgIpc) is 0.815. The number of nitrogens with zero attached hydrogens (tertiary/aromatic N) is 13. The molecule has 13 N–H and O–H groups in total. The van der Waals surface area contributed by atoms with Crippen LogP contribution in [-0.2, 0) is 26.4 Å². The van der Waals surface area contributed by atoms with E-state index in [0.717, 1.165) is 50.3 Å². The van der Waals surface area contributed by atoms with Crippen LogP contribution in [0.15, 0.2) is 135 Å². The molecule has 0 radical (unpaired) electrons. The molecule has 0 aliphatic carbocycles. The fourth-order valence-corrected chi connectivity index (χ4v) is 11.5. The van der Waals surface area contributed by atoms with Gasteiger partial charge in [-0.15, -0.1) is 0 Å². The Hall–Kier alpha value is -11.4. The standard InChI is InChI=1S/C28H35ClFN7O3.C25H31ClFN7O4.C25H33ClFN7O2.C3H3ClO.CH4O.CH4/c1-8-26(38)33-21-15-22(24(40-7)16-23(21)37(6)12-11-36(4)5)34-27-31-10-9-25(35-27)32-20-14-18(29)19(30)13-17(20)28(2,3)39;1-25(2,35)15-11-17(27)16(26)12-18(15)29-23-7-8-28-24(31-23)30-19-13-21(34(36)37)20(14-22(19)38-6)33(5)10-9-32(3)4;1-25(2,35)15-11-17(27)16(26)12-19(15)30-23-7-8-29-24(32-23)31-20-13-18(28)21(14-22(20)36-6)34(5)10-9-33(3)4;1-2-3(4)5;1-2;/h8-10,13-16,39H,1,11-12H2,2-7H3,(H,33,38)(H2,31,32,34,35);7-8,11-14,35H,9-10H2,1-6H3,(H2,28,29,30,31);7-8,11-14,35H,9-10,28H2,1-6H3,(H2,29,30,31,32);2H,1H2;2H,1H3;1H4. The van der Waals surface area contributed by atoms with Gasteiger partial charge in [-0.3, -0.25) is 19.7 Å². The van der Waals surface area contributed by atoms with Crippen LogP contribution in [0, 0.1) is 27.6 Å². The minimum absolute atomic E-state index is 0. The third-order valence-corrected chi connectivity index (χ3v) is 18.3. The number of benzene rings is 6. The molecule has 0 bridgehead atoms. The quantitative estimate of drug-likeness (QED) is 0.00586. The number of nitrogens with one attached hydrogen (secondary N) is 7. The van der Waals surface area contributed by atoms with Gasteiger partial charge < -0.3 is 107 Å². The molecule has 3 aromatic heterocycles. The van der Waals surface area contributed by atoms with Crippen molar-refractivity contribution < 1.29 is 62.3 Å². The summed E-state index contributed by atoms with van der Waals surface area (Å²) >= 11 is 22.7. The van der Waals surface area contributed by atoms with Crippen molar-refractivity contribution in [2.75, 3.05) is 189 Å². The molecule has 0 saturated heterocycles. The monoisotopic (exact) mass is 1770 g/mol. The number of aliphatic hydroxyl groups is 4. The fourth-order valence-electron chi connectivity index (χ4n) is 11.0. The first-order valence-corrected chi connectivity index (χ1v) is 38.4. The fraction of sp³-hybridized carbons (Fsp3) is 0.349. The van der Waals surface area contributed by atoms with Crippen molar-refractivity contribution in [3.63, 3.8) is 0 Å². The molecular formula is C83H110Cl4F3N21O11. The molecule has 0 fully saturated rings. The van der Waals surface area contributed by atoms with Gasteiger partial charge in [0.1, 0.15) is 57.8 Å². The van der Waals surface area contributed by atoms with E-state index in [9.17, 15) is 48.2 Å². The highest BCUT2D eigenvalue weighted by Gasteiger charge is 2.29. The Morgan fingerprint density at radius 2 is 0.787 bits per heavy atom. The summed E-state index contributed by atoms with van der Waals surface area (Å²) in [6.45, 7) is 20.3. The molecule has 662 valence electrons. The molecule has 0 aliphatic heterocycles. The van der Waals surface area contributed by atoms with E-state index in [1.54, 1.807) is 96.5 Å². The third kappa shape index (κ3) is 31.0. The summed E-state index contributed by atoms with van der Waals surface area (Å²) in [5.74, 6) is 0.856. The number of amides is 1. The summed E-state index contributed by atoms with van der Waals surface area (Å²) in [6, 6.07) is 22.7. The summed E-state index contributed by atoms with van der Waals surface area (Å²) < 4.78 is 59.0. The van der Waals surface area contributed by atoms with Gasteiger partial charge in [0.2, 0.25) is 29.0 Å². The van der Waals surface area contributed by atoms with Gasteiger partial charge in [0, 0.05) is 144 Å². The lowest BCUT2D eigenvalue weighted by Crippen LogP contribution is -2.29. The Labute approximate surface area is 730 Å². The Kier molecular flexibility index (Phi) is 39.8. The predicted molar refractivity (Wildman–Crippen MR) is 486 cm³/mol. The highest BCUT2D eigenvalue weighted by atomic mass is 35.5. The SMILES string of the molecule is C.C=CC(=O)Cl.C=CC(=O)Nc1cc(Nc2nccc(Nc3cc(Cl)c(F)cc3C(C)(C)O)n2)c(OC)cc1N(C)CCN(C)C.CO.COc1cc(N(C)CCN(C)C)c(N)cc1Nc1nccc(Nc2cc(Cl)c(F)cc2C(C)(C)O)n1.COc1cc(N(C)CCN(C)C)c([N+](=O)[O-])cc1Nc1nccc(Nc2cc(Cl)c(F)cc2C(C)(C)O)n1. The molecule has 0 spiro atoms. The summed E-state index contributed by atoms with van der Waals surface area (Å²) in [6.07, 6.45) is 6.80. The summed E-state index contributed by atoms with van der Waals surface area (Å²) in [4.78, 5) is 71.3. The number of aromatic nitrogens is 6. The number of nitro groups is 1. The van der Waals surface area contributed by atoms with Crippen LogP contribution in [0.2, 0.25) is 15.1 Å². The molecule has 122 heavy (non-hydrogen) atoms. The van der Waals surface area contributed by atoms with E-state index < -0.39 is 44.4 Å². The van der Waals surface area contributed by atoms with Gasteiger partial charge in [0.05, 0.1) is 97.9 Å². The lowest BCUT2D eigenvalue weighted by molar-refractivity contribution is -0.384. The summed E-state index contributed by atoms with van der Waals surface area (Å²) in [7, 11) is 23.1. The molecule has 0 unspecified atom stereocenters. The average molecular weight is 1780 g/mol. The molecule has 1 amide bonds. The highest BCUT2D eigenvalue weighted by Crippen LogP contribution is 2.43. The molecule has 0 atom stereocenters. The largest absolute Gasteiger partial charge is 0.494 e. The minimum atomic E-state index is -1.37. The van der Waals surface area contributed by atoms with Crippen molar-refractivity contribution in [2.45, 2.75) is 65.8 Å². The number of nitrogens with two attached hydrogens (primary N) is 1. The third-order valence-electron chi connectivity index (χ3n) is 17.3. The number of allylic oxidation sites excluding steroid dienone is 1. The number of anilines is 17. The number of rotatable bonds is 34. The first-order valence-electron chi connectivity index (χ1n) is 36.9. The molecule has 0 saturated carbocycles. The Morgan fingerprint density at radius 1 is 0.484 bits per heavy atom. The van der Waals surface area contributed by atoms with Crippen LogP contribution in [-0.4, -0.2) is 212 Å². The van der Waals surface area contributed by atoms with Gasteiger partial charge in [0.25, 0.3) is 5.69 Å². The first kappa shape index (κ1) is 103.